The number of rotatable bonds is 5. The van der Waals surface area contributed by atoms with Crippen LogP contribution in [0.25, 0.3) is 0 Å². The summed E-state index contributed by atoms with van der Waals surface area (Å²) in [5, 5.41) is 15.4. The van der Waals surface area contributed by atoms with Crippen LogP contribution in [0.5, 0.6) is 0 Å². The molecule has 0 spiro atoms. The number of anilines is 1. The summed E-state index contributed by atoms with van der Waals surface area (Å²) < 4.78 is 0. The Morgan fingerprint density at radius 3 is 2.85 bits per heavy atom. The number of carbonyl (C=O) groups is 1. The molecule has 6 nitrogen and oxygen atoms in total. The van der Waals surface area contributed by atoms with Gasteiger partial charge < -0.3 is 11.1 Å². The van der Waals surface area contributed by atoms with E-state index in [9.17, 15) is 14.9 Å². The van der Waals surface area contributed by atoms with E-state index in [-0.39, 0.29) is 16.9 Å². The molecule has 104 valence electrons. The number of nitro benzene ring substituents is 1. The minimum Gasteiger partial charge on any atom is -0.398 e. The number of nitro groups is 1. The van der Waals surface area contributed by atoms with Gasteiger partial charge in [0.05, 0.1) is 10.5 Å². The van der Waals surface area contributed by atoms with Crippen LogP contribution in [0, 0.1) is 10.1 Å². The van der Waals surface area contributed by atoms with E-state index in [0.29, 0.717) is 6.54 Å². The molecule has 0 aliphatic heterocycles. The Balaban J connectivity index is 2.01. The van der Waals surface area contributed by atoms with Crippen LogP contribution in [0.4, 0.5) is 11.4 Å². The summed E-state index contributed by atoms with van der Waals surface area (Å²) >= 11 is 1.61. The zero-order chi connectivity index (χ0) is 14.5. The average Bonchev–Trinajstić information content (AvgIpc) is 2.92. The van der Waals surface area contributed by atoms with Crippen molar-refractivity contribution in [3.8, 4) is 0 Å². The predicted molar refractivity (Wildman–Crippen MR) is 77.9 cm³/mol. The highest BCUT2D eigenvalue weighted by atomic mass is 32.1. The molecule has 0 unspecified atom stereocenters. The maximum Gasteiger partial charge on any atom is 0.270 e. The van der Waals surface area contributed by atoms with E-state index < -0.39 is 10.8 Å². The van der Waals surface area contributed by atoms with Gasteiger partial charge in [-0.25, -0.2) is 0 Å². The molecule has 3 N–H and O–H groups in total. The summed E-state index contributed by atoms with van der Waals surface area (Å²) in [5.74, 6) is -0.400. The van der Waals surface area contributed by atoms with E-state index in [2.05, 4.69) is 5.32 Å². The molecule has 0 atom stereocenters. The first kappa shape index (κ1) is 14.0. The van der Waals surface area contributed by atoms with Gasteiger partial charge in [-0.1, -0.05) is 6.07 Å². The van der Waals surface area contributed by atoms with Gasteiger partial charge >= 0.3 is 0 Å². The average molecular weight is 291 g/mol. The largest absolute Gasteiger partial charge is 0.398 e. The number of carbonyl (C=O) groups excluding carboxylic acids is 1. The molecule has 0 bridgehead atoms. The Morgan fingerprint density at radius 2 is 2.20 bits per heavy atom. The number of nitrogen functional groups attached to an aromatic ring is 1. The number of nitrogens with zero attached hydrogens (tertiary/aromatic N) is 1. The van der Waals surface area contributed by atoms with Crippen molar-refractivity contribution >= 4 is 28.6 Å². The fraction of sp³-hybridized carbons (Fsp3) is 0.154. The molecular weight excluding hydrogens is 278 g/mol. The second kappa shape index (κ2) is 6.16. The molecule has 1 aromatic carbocycles. The van der Waals surface area contributed by atoms with Crippen LogP contribution < -0.4 is 11.1 Å². The van der Waals surface area contributed by atoms with Crippen molar-refractivity contribution < 1.29 is 9.72 Å². The van der Waals surface area contributed by atoms with Crippen LogP contribution in [0.2, 0.25) is 0 Å². The third-order valence-corrected chi connectivity index (χ3v) is 3.67. The number of hydrogen-bond acceptors (Lipinski definition) is 5. The van der Waals surface area contributed by atoms with Gasteiger partial charge in [0.1, 0.15) is 0 Å². The highest BCUT2D eigenvalue weighted by Gasteiger charge is 2.14. The molecule has 20 heavy (non-hydrogen) atoms. The van der Waals surface area contributed by atoms with Gasteiger partial charge in [-0.15, -0.1) is 11.3 Å². The highest BCUT2D eigenvalue weighted by Crippen LogP contribution is 2.19. The lowest BCUT2D eigenvalue weighted by molar-refractivity contribution is -0.384. The van der Waals surface area contributed by atoms with Crippen molar-refractivity contribution in [1.29, 1.82) is 0 Å². The van der Waals surface area contributed by atoms with Gasteiger partial charge in [-0.3, -0.25) is 14.9 Å². The molecule has 0 aliphatic carbocycles. The number of nitrogens with one attached hydrogen (secondary N) is 1. The molecule has 7 heteroatoms. The third kappa shape index (κ3) is 3.33. The quantitative estimate of drug-likeness (QED) is 0.501. The Bertz CT molecular complexity index is 626. The summed E-state index contributed by atoms with van der Waals surface area (Å²) in [5.41, 5.74) is 5.88. The first-order valence-corrected chi connectivity index (χ1v) is 6.80. The Kier molecular flexibility index (Phi) is 4.31. The monoisotopic (exact) mass is 291 g/mol. The smallest absolute Gasteiger partial charge is 0.270 e. The molecule has 2 rings (SSSR count). The summed E-state index contributed by atoms with van der Waals surface area (Å²) in [6, 6.07) is 7.76. The maximum absolute atomic E-state index is 12.0. The van der Waals surface area contributed by atoms with E-state index in [1.165, 1.54) is 18.2 Å². The zero-order valence-electron chi connectivity index (χ0n) is 10.5. The van der Waals surface area contributed by atoms with E-state index in [1.54, 1.807) is 11.3 Å². The highest BCUT2D eigenvalue weighted by molar-refractivity contribution is 7.09. The van der Waals surface area contributed by atoms with E-state index in [0.717, 1.165) is 11.3 Å². The number of non-ortho nitro benzene ring substituents is 1. The van der Waals surface area contributed by atoms with E-state index in [1.807, 2.05) is 17.5 Å². The zero-order valence-corrected chi connectivity index (χ0v) is 11.4. The second-order valence-corrected chi connectivity index (χ2v) is 5.15. The van der Waals surface area contributed by atoms with Crippen molar-refractivity contribution in [2.24, 2.45) is 0 Å². The number of benzene rings is 1. The minimum absolute atomic E-state index is 0.130. The van der Waals surface area contributed by atoms with Crippen molar-refractivity contribution in [2.45, 2.75) is 6.42 Å². The molecule has 1 aromatic heterocycles. The van der Waals surface area contributed by atoms with Crippen LogP contribution in [0.15, 0.2) is 35.7 Å². The normalized spacial score (nSPS) is 10.2. The third-order valence-electron chi connectivity index (χ3n) is 2.73. The van der Waals surface area contributed by atoms with E-state index >= 15 is 0 Å². The first-order valence-electron chi connectivity index (χ1n) is 5.92. The lowest BCUT2D eigenvalue weighted by Gasteiger charge is -2.06. The standard InChI is InChI=1S/C13H13N3O3S/c14-12-4-3-9(16(18)19)8-11(12)13(17)15-6-5-10-2-1-7-20-10/h1-4,7-8H,5-6,14H2,(H,15,17). The first-order chi connectivity index (χ1) is 9.58. The maximum atomic E-state index is 12.0. The molecule has 2 aromatic rings. The number of hydrogen-bond donors (Lipinski definition) is 2. The molecular formula is C13H13N3O3S. The van der Waals surface area contributed by atoms with Crippen molar-refractivity contribution in [1.82, 2.24) is 5.32 Å². The Hall–Kier alpha value is -2.41. The Labute approximate surface area is 119 Å². The minimum atomic E-state index is -0.554. The molecule has 0 saturated carbocycles. The molecule has 1 heterocycles. The number of amides is 1. The SMILES string of the molecule is Nc1ccc([N+](=O)[O-])cc1C(=O)NCCc1cccs1. The molecule has 0 saturated heterocycles. The van der Waals surface area contributed by atoms with Gasteiger partial charge in [-0.2, -0.15) is 0 Å². The van der Waals surface area contributed by atoms with Gasteiger partial charge in [0.2, 0.25) is 0 Å². The molecule has 0 fully saturated rings. The van der Waals surface area contributed by atoms with Gasteiger partial charge in [0.25, 0.3) is 11.6 Å². The molecule has 0 aliphatic rings. The molecule has 0 radical (unpaired) electrons. The van der Waals surface area contributed by atoms with Crippen LogP contribution in [0.1, 0.15) is 15.2 Å². The van der Waals surface area contributed by atoms with Gasteiger partial charge in [-0.05, 0) is 23.9 Å². The van der Waals surface area contributed by atoms with Crippen LogP contribution in [-0.4, -0.2) is 17.4 Å². The van der Waals surface area contributed by atoms with Gasteiger partial charge in [0, 0.05) is 29.2 Å². The number of thiophene rings is 1. The second-order valence-electron chi connectivity index (χ2n) is 4.11. The van der Waals surface area contributed by atoms with Gasteiger partial charge in [0.15, 0.2) is 0 Å². The van der Waals surface area contributed by atoms with Crippen LogP contribution >= 0.6 is 11.3 Å². The van der Waals surface area contributed by atoms with Crippen molar-refractivity contribution in [3.63, 3.8) is 0 Å². The summed E-state index contributed by atoms with van der Waals surface area (Å²) in [6.07, 6.45) is 0.720. The fourth-order valence-corrected chi connectivity index (χ4v) is 2.41. The number of nitrogens with two attached hydrogens (primary N) is 1. The summed E-state index contributed by atoms with van der Waals surface area (Å²) in [4.78, 5) is 23.3. The van der Waals surface area contributed by atoms with E-state index in [4.69, 9.17) is 5.73 Å². The summed E-state index contributed by atoms with van der Waals surface area (Å²) in [7, 11) is 0. The lowest BCUT2D eigenvalue weighted by atomic mass is 10.1. The lowest BCUT2D eigenvalue weighted by Crippen LogP contribution is -2.26. The van der Waals surface area contributed by atoms with Crippen molar-refractivity contribution in [2.75, 3.05) is 12.3 Å². The summed E-state index contributed by atoms with van der Waals surface area (Å²) in [6.45, 7) is 0.460. The Morgan fingerprint density at radius 1 is 1.40 bits per heavy atom. The molecule has 1 amide bonds. The predicted octanol–water partition coefficient (Wildman–Crippen LogP) is 2.21. The van der Waals surface area contributed by atoms with Crippen LogP contribution in [-0.2, 0) is 6.42 Å². The van der Waals surface area contributed by atoms with Crippen LogP contribution in [0.3, 0.4) is 0 Å². The fourth-order valence-electron chi connectivity index (χ4n) is 1.70. The van der Waals surface area contributed by atoms with Crippen molar-refractivity contribution in [3.05, 3.63) is 56.3 Å². The topological polar surface area (TPSA) is 98.3 Å².